The zero-order chi connectivity index (χ0) is 14.8. The second-order valence-corrected chi connectivity index (χ2v) is 7.12. The summed E-state index contributed by atoms with van der Waals surface area (Å²) in [6.45, 7) is 15.5. The van der Waals surface area contributed by atoms with Gasteiger partial charge in [0.15, 0.2) is 0 Å². The van der Waals surface area contributed by atoms with Crippen LogP contribution in [0.3, 0.4) is 0 Å². The van der Waals surface area contributed by atoms with E-state index in [2.05, 4.69) is 69.5 Å². The van der Waals surface area contributed by atoms with E-state index in [0.29, 0.717) is 11.8 Å². The molecule has 110 valence electrons. The largest absolute Gasteiger partial charge is 0.294 e. The molecule has 1 heterocycles. The van der Waals surface area contributed by atoms with E-state index in [1.807, 2.05) is 0 Å². The fourth-order valence-electron chi connectivity index (χ4n) is 3.26. The average Bonchev–Trinajstić information content (AvgIpc) is 2.41. The van der Waals surface area contributed by atoms with E-state index in [-0.39, 0.29) is 5.54 Å². The summed E-state index contributed by atoms with van der Waals surface area (Å²) in [4.78, 5) is 2.63. The molecule has 20 heavy (non-hydrogen) atoms. The van der Waals surface area contributed by atoms with Crippen molar-refractivity contribution in [3.63, 3.8) is 0 Å². The minimum Gasteiger partial charge on any atom is -0.294 e. The topological polar surface area (TPSA) is 3.24 Å². The van der Waals surface area contributed by atoms with Crippen LogP contribution in [0.2, 0.25) is 0 Å². The van der Waals surface area contributed by atoms with Gasteiger partial charge in [0.05, 0.1) is 0 Å². The standard InChI is InChI=1S/C19H29N/c1-6-16-10-11-20(19(4,5)13-16)14-17-8-7-9-18(12-17)15(2)3/h6-9,12,15-16H,1,10-11,13-14H2,2-5H3. The maximum absolute atomic E-state index is 3.97. The molecule has 1 aliphatic rings. The molecule has 0 aromatic heterocycles. The normalized spacial score (nSPS) is 22.9. The number of hydrogen-bond donors (Lipinski definition) is 0. The molecular formula is C19H29N. The number of rotatable bonds is 4. The summed E-state index contributed by atoms with van der Waals surface area (Å²) in [7, 11) is 0. The van der Waals surface area contributed by atoms with Crippen LogP contribution in [0.1, 0.15) is 57.6 Å². The number of likely N-dealkylation sites (tertiary alicyclic amines) is 1. The van der Waals surface area contributed by atoms with Gasteiger partial charge in [0.2, 0.25) is 0 Å². The maximum atomic E-state index is 3.97. The first-order valence-corrected chi connectivity index (χ1v) is 7.89. The number of allylic oxidation sites excluding steroid dienone is 1. The zero-order valence-electron chi connectivity index (χ0n) is 13.5. The molecule has 1 heteroatoms. The summed E-state index contributed by atoms with van der Waals surface area (Å²) in [6.07, 6.45) is 4.61. The molecule has 1 nitrogen and oxygen atoms in total. The van der Waals surface area contributed by atoms with E-state index in [1.54, 1.807) is 0 Å². The molecule has 0 saturated carbocycles. The molecule has 0 N–H and O–H groups in total. The first kappa shape index (κ1) is 15.3. The molecule has 1 aromatic rings. The highest BCUT2D eigenvalue weighted by atomic mass is 15.2. The van der Waals surface area contributed by atoms with Crippen molar-refractivity contribution < 1.29 is 0 Å². The van der Waals surface area contributed by atoms with Crippen molar-refractivity contribution in [1.29, 1.82) is 0 Å². The van der Waals surface area contributed by atoms with Crippen molar-refractivity contribution in [1.82, 2.24) is 4.90 Å². The van der Waals surface area contributed by atoms with Crippen molar-refractivity contribution in [2.75, 3.05) is 6.54 Å². The fourth-order valence-corrected chi connectivity index (χ4v) is 3.26. The lowest BCUT2D eigenvalue weighted by Crippen LogP contribution is -2.49. The Morgan fingerprint density at radius 1 is 1.40 bits per heavy atom. The lowest BCUT2D eigenvalue weighted by molar-refractivity contribution is 0.0512. The molecular weight excluding hydrogens is 242 g/mol. The SMILES string of the molecule is C=CC1CCN(Cc2cccc(C(C)C)c2)C(C)(C)C1. The third-order valence-electron chi connectivity index (χ3n) is 4.71. The first-order valence-electron chi connectivity index (χ1n) is 7.89. The molecule has 2 rings (SSSR count). The Kier molecular flexibility index (Phi) is 4.70. The quantitative estimate of drug-likeness (QED) is 0.698. The van der Waals surface area contributed by atoms with E-state index < -0.39 is 0 Å². The van der Waals surface area contributed by atoms with Crippen LogP contribution in [0.4, 0.5) is 0 Å². The highest BCUT2D eigenvalue weighted by Crippen LogP contribution is 2.33. The van der Waals surface area contributed by atoms with Crippen LogP contribution < -0.4 is 0 Å². The van der Waals surface area contributed by atoms with Gasteiger partial charge in [0.25, 0.3) is 0 Å². The van der Waals surface area contributed by atoms with E-state index in [9.17, 15) is 0 Å². The summed E-state index contributed by atoms with van der Waals surface area (Å²) < 4.78 is 0. The zero-order valence-corrected chi connectivity index (χ0v) is 13.5. The Hall–Kier alpha value is -1.08. The molecule has 1 fully saturated rings. The van der Waals surface area contributed by atoms with Crippen molar-refractivity contribution in [2.45, 2.75) is 58.5 Å². The van der Waals surface area contributed by atoms with Gasteiger partial charge < -0.3 is 0 Å². The first-order chi connectivity index (χ1) is 9.42. The minimum atomic E-state index is 0.269. The van der Waals surface area contributed by atoms with Crippen molar-refractivity contribution >= 4 is 0 Å². The van der Waals surface area contributed by atoms with Crippen LogP contribution in [0.5, 0.6) is 0 Å². The predicted molar refractivity (Wildman–Crippen MR) is 87.9 cm³/mol. The maximum Gasteiger partial charge on any atom is 0.0239 e. The number of benzene rings is 1. The third-order valence-corrected chi connectivity index (χ3v) is 4.71. The van der Waals surface area contributed by atoms with Crippen molar-refractivity contribution in [3.05, 3.63) is 48.0 Å². The van der Waals surface area contributed by atoms with Crippen LogP contribution in [0.15, 0.2) is 36.9 Å². The van der Waals surface area contributed by atoms with Gasteiger partial charge in [-0.1, -0.05) is 44.2 Å². The van der Waals surface area contributed by atoms with Crippen LogP contribution in [-0.2, 0) is 6.54 Å². The molecule has 0 amide bonds. The molecule has 0 spiro atoms. The van der Waals surface area contributed by atoms with E-state index >= 15 is 0 Å². The van der Waals surface area contributed by atoms with Gasteiger partial charge in [-0.2, -0.15) is 0 Å². The summed E-state index contributed by atoms with van der Waals surface area (Å²) >= 11 is 0. The Balaban J connectivity index is 2.09. The van der Waals surface area contributed by atoms with Crippen molar-refractivity contribution in [3.8, 4) is 0 Å². The molecule has 0 aliphatic carbocycles. The molecule has 1 saturated heterocycles. The van der Waals surface area contributed by atoms with Crippen molar-refractivity contribution in [2.24, 2.45) is 5.92 Å². The van der Waals surface area contributed by atoms with Crippen LogP contribution in [0, 0.1) is 5.92 Å². The Morgan fingerprint density at radius 2 is 2.15 bits per heavy atom. The number of nitrogens with zero attached hydrogens (tertiary/aromatic N) is 1. The number of hydrogen-bond acceptors (Lipinski definition) is 1. The van der Waals surface area contributed by atoms with Gasteiger partial charge >= 0.3 is 0 Å². The molecule has 1 aliphatic heterocycles. The minimum absolute atomic E-state index is 0.269. The van der Waals surface area contributed by atoms with Gasteiger partial charge in [-0.25, -0.2) is 0 Å². The number of piperidine rings is 1. The highest BCUT2D eigenvalue weighted by Gasteiger charge is 2.33. The Labute approximate surface area is 124 Å². The van der Waals surface area contributed by atoms with Crippen LogP contribution in [0.25, 0.3) is 0 Å². The average molecular weight is 271 g/mol. The predicted octanol–water partition coefficient (Wildman–Crippen LogP) is 4.99. The molecule has 1 aromatic carbocycles. The lowest BCUT2D eigenvalue weighted by Gasteiger charge is -2.45. The fraction of sp³-hybridized carbons (Fsp3) is 0.579. The van der Waals surface area contributed by atoms with Gasteiger partial charge in [0.1, 0.15) is 0 Å². The second-order valence-electron chi connectivity index (χ2n) is 7.12. The molecule has 0 bridgehead atoms. The van der Waals surface area contributed by atoms with Crippen LogP contribution in [-0.4, -0.2) is 17.0 Å². The molecule has 0 radical (unpaired) electrons. The monoisotopic (exact) mass is 271 g/mol. The summed E-state index contributed by atoms with van der Waals surface area (Å²) in [6, 6.07) is 9.08. The van der Waals surface area contributed by atoms with E-state index in [1.165, 1.54) is 30.5 Å². The summed E-state index contributed by atoms with van der Waals surface area (Å²) in [5.74, 6) is 1.29. The van der Waals surface area contributed by atoms with Gasteiger partial charge in [0, 0.05) is 12.1 Å². The molecule has 1 unspecified atom stereocenters. The van der Waals surface area contributed by atoms with Gasteiger partial charge in [-0.15, -0.1) is 6.58 Å². The third kappa shape index (κ3) is 3.52. The summed E-state index contributed by atoms with van der Waals surface area (Å²) in [5.41, 5.74) is 3.16. The Bertz CT molecular complexity index is 459. The second kappa shape index (κ2) is 6.13. The van der Waals surface area contributed by atoms with E-state index in [0.717, 1.165) is 6.54 Å². The lowest BCUT2D eigenvalue weighted by atomic mass is 9.82. The summed E-state index contributed by atoms with van der Waals surface area (Å²) in [5, 5.41) is 0. The molecule has 1 atom stereocenters. The van der Waals surface area contributed by atoms with Crippen LogP contribution >= 0.6 is 0 Å². The highest BCUT2D eigenvalue weighted by molar-refractivity contribution is 5.26. The van der Waals surface area contributed by atoms with Gasteiger partial charge in [-0.3, -0.25) is 4.90 Å². The smallest absolute Gasteiger partial charge is 0.0239 e. The van der Waals surface area contributed by atoms with E-state index in [4.69, 9.17) is 0 Å². The van der Waals surface area contributed by atoms with Gasteiger partial charge in [-0.05, 0) is 56.2 Å². The Morgan fingerprint density at radius 3 is 2.75 bits per heavy atom.